The zero-order valence-corrected chi connectivity index (χ0v) is 17.2. The van der Waals surface area contributed by atoms with Crippen molar-refractivity contribution in [3.05, 3.63) is 66.6 Å². The number of benzene rings is 2. The summed E-state index contributed by atoms with van der Waals surface area (Å²) in [5.41, 5.74) is 9.60. The fourth-order valence-corrected chi connectivity index (χ4v) is 3.04. The van der Waals surface area contributed by atoms with Crippen molar-refractivity contribution >= 4 is 23.0 Å². The molecule has 0 fully saturated rings. The molecule has 0 spiro atoms. The first-order chi connectivity index (χ1) is 16.2. The Morgan fingerprint density at radius 2 is 1.76 bits per heavy atom. The molecule has 0 saturated heterocycles. The van der Waals surface area contributed by atoms with E-state index in [0.717, 1.165) is 33.7 Å². The topological polar surface area (TPSA) is 133 Å². The SMILES string of the molecule is Nc1nccc(-c2ccc3nc(C4COc5ccccc5O4)cnc3c2)n1.O=C(O)C(F)(F)F. The summed E-state index contributed by atoms with van der Waals surface area (Å²) in [6, 6.07) is 15.2. The number of alkyl halides is 3. The number of carboxylic acid groups (broad SMARTS) is 1. The molecule has 174 valence electrons. The number of hydrogen-bond donors (Lipinski definition) is 2. The van der Waals surface area contributed by atoms with Gasteiger partial charge in [0.25, 0.3) is 0 Å². The molecule has 5 rings (SSSR count). The van der Waals surface area contributed by atoms with Gasteiger partial charge < -0.3 is 20.3 Å². The molecule has 4 aromatic rings. The van der Waals surface area contributed by atoms with E-state index in [9.17, 15) is 13.2 Å². The molecule has 1 atom stereocenters. The highest BCUT2D eigenvalue weighted by Crippen LogP contribution is 2.35. The van der Waals surface area contributed by atoms with Gasteiger partial charge in [0.05, 0.1) is 22.9 Å². The normalized spacial score (nSPS) is 14.7. The Labute approximate surface area is 190 Å². The van der Waals surface area contributed by atoms with E-state index in [0.29, 0.717) is 12.4 Å². The van der Waals surface area contributed by atoms with Gasteiger partial charge in [0.15, 0.2) is 17.6 Å². The highest BCUT2D eigenvalue weighted by atomic mass is 19.4. The molecule has 2 aromatic heterocycles. The lowest BCUT2D eigenvalue weighted by Gasteiger charge is -2.25. The van der Waals surface area contributed by atoms with E-state index < -0.39 is 12.1 Å². The first-order valence-corrected chi connectivity index (χ1v) is 9.75. The number of nitrogens with two attached hydrogens (primary N) is 1. The summed E-state index contributed by atoms with van der Waals surface area (Å²) < 4.78 is 43.5. The number of hydrogen-bond acceptors (Lipinski definition) is 8. The van der Waals surface area contributed by atoms with Gasteiger partial charge in [-0.1, -0.05) is 18.2 Å². The summed E-state index contributed by atoms with van der Waals surface area (Å²) in [5.74, 6) is -1.06. The van der Waals surface area contributed by atoms with Gasteiger partial charge in [0.1, 0.15) is 12.3 Å². The molecule has 34 heavy (non-hydrogen) atoms. The fourth-order valence-electron chi connectivity index (χ4n) is 3.04. The largest absolute Gasteiger partial charge is 0.490 e. The number of nitrogens with zero attached hydrogens (tertiary/aromatic N) is 4. The van der Waals surface area contributed by atoms with Crippen molar-refractivity contribution in [2.24, 2.45) is 0 Å². The number of ether oxygens (including phenoxy) is 2. The van der Waals surface area contributed by atoms with Crippen molar-refractivity contribution in [1.29, 1.82) is 0 Å². The molecular formula is C22H16F3N5O4. The van der Waals surface area contributed by atoms with Crippen molar-refractivity contribution in [1.82, 2.24) is 19.9 Å². The molecule has 1 unspecified atom stereocenters. The summed E-state index contributed by atoms with van der Waals surface area (Å²) in [5, 5.41) is 7.12. The lowest BCUT2D eigenvalue weighted by Crippen LogP contribution is -2.22. The average molecular weight is 471 g/mol. The van der Waals surface area contributed by atoms with Gasteiger partial charge in [-0.3, -0.25) is 4.98 Å². The number of halogens is 3. The number of carboxylic acids is 1. The van der Waals surface area contributed by atoms with Crippen LogP contribution in [0.3, 0.4) is 0 Å². The molecule has 3 N–H and O–H groups in total. The number of aromatic nitrogens is 4. The van der Waals surface area contributed by atoms with Crippen LogP contribution in [0.15, 0.2) is 60.9 Å². The van der Waals surface area contributed by atoms with Crippen molar-refractivity contribution in [2.75, 3.05) is 12.3 Å². The standard InChI is InChI=1S/C20H15N5O2.C2HF3O2/c21-20-22-8-7-13(25-20)12-5-6-14-15(9-12)23-10-16(24-14)19-11-26-17-3-1-2-4-18(17)27-19;3-2(4,5)1(6)7/h1-10,19H,11H2,(H2,21,22,25);(H,6,7). The Morgan fingerprint density at radius 3 is 2.47 bits per heavy atom. The maximum absolute atomic E-state index is 10.6. The Hall–Kier alpha value is -4.48. The number of rotatable bonds is 2. The van der Waals surface area contributed by atoms with Gasteiger partial charge in [-0.15, -0.1) is 0 Å². The average Bonchev–Trinajstić information content (AvgIpc) is 2.83. The second-order valence-electron chi connectivity index (χ2n) is 6.97. The highest BCUT2D eigenvalue weighted by Gasteiger charge is 2.38. The molecule has 1 aliphatic heterocycles. The fraction of sp³-hybridized carbons (Fsp3) is 0.136. The number of nitrogen functional groups attached to an aromatic ring is 1. The van der Waals surface area contributed by atoms with Crippen LogP contribution in [-0.4, -0.2) is 43.8 Å². The molecule has 0 saturated carbocycles. The third-order valence-electron chi connectivity index (χ3n) is 4.61. The molecule has 0 aliphatic carbocycles. The van der Waals surface area contributed by atoms with Crippen LogP contribution in [0.5, 0.6) is 11.5 Å². The van der Waals surface area contributed by atoms with E-state index in [1.54, 1.807) is 12.4 Å². The molecule has 12 heteroatoms. The molecule has 0 bridgehead atoms. The minimum Gasteiger partial charge on any atom is -0.485 e. The summed E-state index contributed by atoms with van der Waals surface area (Å²) in [7, 11) is 0. The van der Waals surface area contributed by atoms with Crippen LogP contribution in [0.4, 0.5) is 19.1 Å². The van der Waals surface area contributed by atoms with Crippen molar-refractivity contribution in [3.8, 4) is 22.8 Å². The van der Waals surface area contributed by atoms with Crippen LogP contribution in [-0.2, 0) is 4.79 Å². The third-order valence-corrected chi connectivity index (χ3v) is 4.61. The minimum atomic E-state index is -5.08. The summed E-state index contributed by atoms with van der Waals surface area (Å²) in [4.78, 5) is 26.3. The number of fused-ring (bicyclic) bond motifs is 2. The zero-order valence-electron chi connectivity index (χ0n) is 17.2. The Kier molecular flexibility index (Phi) is 6.13. The first kappa shape index (κ1) is 22.7. The predicted octanol–water partition coefficient (Wildman–Crippen LogP) is 3.81. The minimum absolute atomic E-state index is 0.240. The second-order valence-corrected chi connectivity index (χ2v) is 6.97. The summed E-state index contributed by atoms with van der Waals surface area (Å²) in [6.45, 7) is 0.398. The van der Waals surface area contributed by atoms with Gasteiger partial charge in [0.2, 0.25) is 5.95 Å². The molecule has 3 heterocycles. The highest BCUT2D eigenvalue weighted by molar-refractivity contribution is 5.80. The number of aliphatic carboxylic acids is 1. The molecule has 2 aromatic carbocycles. The van der Waals surface area contributed by atoms with Gasteiger partial charge in [-0.25, -0.2) is 19.7 Å². The lowest BCUT2D eigenvalue weighted by molar-refractivity contribution is -0.192. The van der Waals surface area contributed by atoms with E-state index in [1.807, 2.05) is 48.5 Å². The Bertz CT molecular complexity index is 1350. The van der Waals surface area contributed by atoms with E-state index in [-0.39, 0.29) is 12.1 Å². The lowest BCUT2D eigenvalue weighted by atomic mass is 10.1. The third kappa shape index (κ3) is 5.11. The van der Waals surface area contributed by atoms with E-state index in [4.69, 9.17) is 30.1 Å². The van der Waals surface area contributed by atoms with Crippen LogP contribution in [0.2, 0.25) is 0 Å². The van der Waals surface area contributed by atoms with Gasteiger partial charge in [0, 0.05) is 11.8 Å². The van der Waals surface area contributed by atoms with Gasteiger partial charge >= 0.3 is 12.1 Å². The van der Waals surface area contributed by atoms with E-state index >= 15 is 0 Å². The van der Waals surface area contributed by atoms with Gasteiger partial charge in [-0.2, -0.15) is 13.2 Å². The number of anilines is 1. The Morgan fingerprint density at radius 1 is 1.03 bits per heavy atom. The van der Waals surface area contributed by atoms with Crippen LogP contribution in [0.1, 0.15) is 11.8 Å². The maximum atomic E-state index is 10.6. The van der Waals surface area contributed by atoms with Crippen LogP contribution in [0, 0.1) is 0 Å². The van der Waals surface area contributed by atoms with Crippen molar-refractivity contribution in [2.45, 2.75) is 12.3 Å². The van der Waals surface area contributed by atoms with Crippen LogP contribution in [0.25, 0.3) is 22.3 Å². The maximum Gasteiger partial charge on any atom is 0.490 e. The molecule has 9 nitrogen and oxygen atoms in total. The second kappa shape index (κ2) is 9.17. The predicted molar refractivity (Wildman–Crippen MR) is 114 cm³/mol. The van der Waals surface area contributed by atoms with Crippen LogP contribution >= 0.6 is 0 Å². The van der Waals surface area contributed by atoms with Gasteiger partial charge in [-0.05, 0) is 30.3 Å². The van der Waals surface area contributed by atoms with E-state index in [2.05, 4.69) is 15.0 Å². The molecule has 0 amide bonds. The van der Waals surface area contributed by atoms with Crippen LogP contribution < -0.4 is 15.2 Å². The molecule has 1 aliphatic rings. The number of carbonyl (C=O) groups is 1. The van der Waals surface area contributed by atoms with Crippen molar-refractivity contribution in [3.63, 3.8) is 0 Å². The summed E-state index contributed by atoms with van der Waals surface area (Å²) in [6.07, 6.45) is -2.02. The molecule has 0 radical (unpaired) electrons. The van der Waals surface area contributed by atoms with Crippen molar-refractivity contribution < 1.29 is 32.5 Å². The Balaban J connectivity index is 0.000000344. The monoisotopic (exact) mass is 471 g/mol. The smallest absolute Gasteiger partial charge is 0.485 e. The first-order valence-electron chi connectivity index (χ1n) is 9.75. The molecular weight excluding hydrogens is 455 g/mol. The summed E-state index contributed by atoms with van der Waals surface area (Å²) >= 11 is 0. The number of para-hydroxylation sites is 2. The zero-order chi connectivity index (χ0) is 24.3. The van der Waals surface area contributed by atoms with E-state index in [1.165, 1.54) is 0 Å². The quantitative estimate of drug-likeness (QED) is 0.448.